The highest BCUT2D eigenvalue weighted by Crippen LogP contribution is 2.09. The predicted molar refractivity (Wildman–Crippen MR) is 78.2 cm³/mol. The number of rotatable bonds is 4. The molecule has 0 bridgehead atoms. The Morgan fingerprint density at radius 2 is 1.58 bits per heavy atom. The summed E-state index contributed by atoms with van der Waals surface area (Å²) in [6, 6.07) is 8.41. The van der Waals surface area contributed by atoms with E-state index in [1.165, 1.54) is 5.56 Å². The van der Waals surface area contributed by atoms with E-state index in [9.17, 15) is 4.79 Å². The quantitative estimate of drug-likeness (QED) is 0.826. The van der Waals surface area contributed by atoms with Crippen LogP contribution in [0.5, 0.6) is 0 Å². The van der Waals surface area contributed by atoms with E-state index in [1.807, 2.05) is 4.90 Å². The molecule has 1 amide bonds. The van der Waals surface area contributed by atoms with E-state index in [0.717, 1.165) is 44.7 Å². The first-order valence-electron chi connectivity index (χ1n) is 7.31. The molecule has 0 spiro atoms. The van der Waals surface area contributed by atoms with Crippen molar-refractivity contribution in [2.45, 2.75) is 26.7 Å². The maximum Gasteiger partial charge on any atom is 0.227 e. The van der Waals surface area contributed by atoms with Crippen LogP contribution in [0.4, 0.5) is 0 Å². The maximum absolute atomic E-state index is 12.2. The minimum absolute atomic E-state index is 0.264. The number of hydrogen-bond donors (Lipinski definition) is 0. The third kappa shape index (κ3) is 3.80. The van der Waals surface area contributed by atoms with Gasteiger partial charge in [-0.3, -0.25) is 4.79 Å². The normalized spacial score (nSPS) is 16.6. The second-order valence-corrected chi connectivity index (χ2v) is 5.16. The number of amides is 1. The molecule has 1 saturated heterocycles. The summed E-state index contributed by atoms with van der Waals surface area (Å²) in [7, 11) is 0. The average Bonchev–Trinajstić information content (AvgIpc) is 2.48. The van der Waals surface area contributed by atoms with Gasteiger partial charge in [-0.2, -0.15) is 0 Å². The van der Waals surface area contributed by atoms with Crippen molar-refractivity contribution in [2.75, 3.05) is 32.7 Å². The zero-order valence-electron chi connectivity index (χ0n) is 12.1. The first-order chi connectivity index (χ1) is 9.22. The lowest BCUT2D eigenvalue weighted by atomic mass is 10.1. The molecule has 19 heavy (non-hydrogen) atoms. The van der Waals surface area contributed by atoms with Gasteiger partial charge in [-0.15, -0.1) is 0 Å². The van der Waals surface area contributed by atoms with Crippen LogP contribution in [0, 0.1) is 0 Å². The van der Waals surface area contributed by atoms with Gasteiger partial charge in [0.25, 0.3) is 0 Å². The zero-order chi connectivity index (χ0) is 13.7. The number of carbonyl (C=O) groups excluding carboxylic acids is 1. The van der Waals surface area contributed by atoms with Gasteiger partial charge in [0.15, 0.2) is 0 Å². The first kappa shape index (κ1) is 14.1. The summed E-state index contributed by atoms with van der Waals surface area (Å²) in [6.07, 6.45) is 1.59. The standard InChI is InChI=1S/C16H24N2O/c1-3-14-5-7-15(8-6-14)13-16(19)18-11-9-17(4-2)10-12-18/h5-8H,3-4,9-13H2,1-2H3. The molecular weight excluding hydrogens is 236 g/mol. The second-order valence-electron chi connectivity index (χ2n) is 5.16. The van der Waals surface area contributed by atoms with Crippen molar-refractivity contribution in [2.24, 2.45) is 0 Å². The van der Waals surface area contributed by atoms with Crippen LogP contribution >= 0.6 is 0 Å². The van der Waals surface area contributed by atoms with Gasteiger partial charge in [-0.25, -0.2) is 0 Å². The number of carbonyl (C=O) groups is 1. The molecule has 104 valence electrons. The predicted octanol–water partition coefficient (Wildman–Crippen LogP) is 1.96. The van der Waals surface area contributed by atoms with Crippen molar-refractivity contribution in [3.05, 3.63) is 35.4 Å². The molecule has 1 heterocycles. The Morgan fingerprint density at radius 3 is 2.11 bits per heavy atom. The SMILES string of the molecule is CCc1ccc(CC(=O)N2CCN(CC)CC2)cc1. The summed E-state index contributed by atoms with van der Waals surface area (Å²) in [5.41, 5.74) is 2.45. The monoisotopic (exact) mass is 260 g/mol. The Kier molecular flexibility index (Phi) is 4.97. The lowest BCUT2D eigenvalue weighted by molar-refractivity contribution is -0.132. The molecule has 1 aliphatic heterocycles. The summed E-state index contributed by atoms with van der Waals surface area (Å²) in [6.45, 7) is 9.17. The third-order valence-electron chi connectivity index (χ3n) is 3.96. The fraction of sp³-hybridized carbons (Fsp3) is 0.562. The average molecular weight is 260 g/mol. The summed E-state index contributed by atoms with van der Waals surface area (Å²) >= 11 is 0. The number of aryl methyl sites for hydroxylation is 1. The van der Waals surface area contributed by atoms with Gasteiger partial charge >= 0.3 is 0 Å². The van der Waals surface area contributed by atoms with Crippen molar-refractivity contribution in [3.8, 4) is 0 Å². The van der Waals surface area contributed by atoms with E-state index in [-0.39, 0.29) is 5.91 Å². The molecule has 0 saturated carbocycles. The molecule has 1 aliphatic rings. The van der Waals surface area contributed by atoms with Gasteiger partial charge in [-0.1, -0.05) is 38.1 Å². The summed E-state index contributed by atoms with van der Waals surface area (Å²) in [5.74, 6) is 0.264. The number of likely N-dealkylation sites (N-methyl/N-ethyl adjacent to an activating group) is 1. The van der Waals surface area contributed by atoms with E-state index in [2.05, 4.69) is 43.0 Å². The Balaban J connectivity index is 1.86. The summed E-state index contributed by atoms with van der Waals surface area (Å²) in [5, 5.41) is 0. The molecule has 0 N–H and O–H groups in total. The van der Waals surface area contributed by atoms with Gasteiger partial charge < -0.3 is 9.80 Å². The molecule has 0 radical (unpaired) electrons. The first-order valence-corrected chi connectivity index (χ1v) is 7.31. The molecule has 1 aromatic rings. The topological polar surface area (TPSA) is 23.6 Å². The Morgan fingerprint density at radius 1 is 1.00 bits per heavy atom. The van der Waals surface area contributed by atoms with Crippen LogP contribution in [0.2, 0.25) is 0 Å². The molecule has 0 unspecified atom stereocenters. The number of hydrogen-bond acceptors (Lipinski definition) is 2. The van der Waals surface area contributed by atoms with Crippen LogP contribution in [0.25, 0.3) is 0 Å². The molecular formula is C16H24N2O. The van der Waals surface area contributed by atoms with Gasteiger partial charge in [0.2, 0.25) is 5.91 Å². The molecule has 0 aliphatic carbocycles. The summed E-state index contributed by atoms with van der Waals surface area (Å²) < 4.78 is 0. The molecule has 2 rings (SSSR count). The minimum atomic E-state index is 0.264. The van der Waals surface area contributed by atoms with Crippen molar-refractivity contribution in [1.82, 2.24) is 9.80 Å². The fourth-order valence-corrected chi connectivity index (χ4v) is 2.49. The molecule has 0 atom stereocenters. The highest BCUT2D eigenvalue weighted by atomic mass is 16.2. The zero-order valence-corrected chi connectivity index (χ0v) is 12.1. The molecule has 1 fully saturated rings. The van der Waals surface area contributed by atoms with Crippen molar-refractivity contribution < 1.29 is 4.79 Å². The van der Waals surface area contributed by atoms with E-state index >= 15 is 0 Å². The number of nitrogens with zero attached hydrogens (tertiary/aromatic N) is 2. The van der Waals surface area contributed by atoms with E-state index in [4.69, 9.17) is 0 Å². The van der Waals surface area contributed by atoms with Gasteiger partial charge in [0.1, 0.15) is 0 Å². The van der Waals surface area contributed by atoms with E-state index < -0.39 is 0 Å². The van der Waals surface area contributed by atoms with E-state index in [0.29, 0.717) is 6.42 Å². The number of piperazine rings is 1. The van der Waals surface area contributed by atoms with Crippen LogP contribution in [0.3, 0.4) is 0 Å². The van der Waals surface area contributed by atoms with Crippen molar-refractivity contribution in [3.63, 3.8) is 0 Å². The Labute approximate surface area is 116 Å². The third-order valence-corrected chi connectivity index (χ3v) is 3.96. The molecule has 3 nitrogen and oxygen atoms in total. The Hall–Kier alpha value is -1.35. The largest absolute Gasteiger partial charge is 0.340 e. The van der Waals surface area contributed by atoms with Crippen LogP contribution in [0.15, 0.2) is 24.3 Å². The summed E-state index contributed by atoms with van der Waals surface area (Å²) in [4.78, 5) is 16.6. The van der Waals surface area contributed by atoms with Crippen molar-refractivity contribution >= 4 is 5.91 Å². The van der Waals surface area contributed by atoms with Crippen LogP contribution < -0.4 is 0 Å². The highest BCUT2D eigenvalue weighted by molar-refractivity contribution is 5.78. The van der Waals surface area contributed by atoms with Crippen LogP contribution in [-0.4, -0.2) is 48.4 Å². The lowest BCUT2D eigenvalue weighted by Crippen LogP contribution is -2.48. The highest BCUT2D eigenvalue weighted by Gasteiger charge is 2.19. The molecule has 1 aromatic carbocycles. The van der Waals surface area contributed by atoms with Crippen LogP contribution in [0.1, 0.15) is 25.0 Å². The fourth-order valence-electron chi connectivity index (χ4n) is 2.49. The second kappa shape index (κ2) is 6.71. The molecule has 3 heteroatoms. The maximum atomic E-state index is 12.2. The van der Waals surface area contributed by atoms with Crippen molar-refractivity contribution in [1.29, 1.82) is 0 Å². The van der Waals surface area contributed by atoms with E-state index in [1.54, 1.807) is 0 Å². The van der Waals surface area contributed by atoms with Gasteiger partial charge in [0, 0.05) is 26.2 Å². The molecule has 0 aromatic heterocycles. The van der Waals surface area contributed by atoms with Crippen LogP contribution in [-0.2, 0) is 17.6 Å². The smallest absolute Gasteiger partial charge is 0.227 e. The number of benzene rings is 1. The van der Waals surface area contributed by atoms with Gasteiger partial charge in [-0.05, 0) is 24.1 Å². The lowest BCUT2D eigenvalue weighted by Gasteiger charge is -2.34. The van der Waals surface area contributed by atoms with Gasteiger partial charge in [0.05, 0.1) is 6.42 Å². The Bertz CT molecular complexity index is 405. The minimum Gasteiger partial charge on any atom is -0.340 e.